The van der Waals surface area contributed by atoms with E-state index in [1.165, 1.54) is 0 Å². The first-order valence-corrected chi connectivity index (χ1v) is 6.97. The van der Waals surface area contributed by atoms with E-state index in [1.807, 2.05) is 60.7 Å². The van der Waals surface area contributed by atoms with Gasteiger partial charge in [-0.2, -0.15) is 0 Å². The molecule has 0 aliphatic heterocycles. The van der Waals surface area contributed by atoms with Crippen LogP contribution in [0.3, 0.4) is 0 Å². The van der Waals surface area contributed by atoms with Crippen LogP contribution in [0.5, 0.6) is 11.5 Å². The van der Waals surface area contributed by atoms with Gasteiger partial charge in [-0.15, -0.1) is 24.8 Å². The molecule has 0 aliphatic rings. The number of para-hydroxylation sites is 2. The van der Waals surface area contributed by atoms with E-state index < -0.39 is 22.0 Å². The van der Waals surface area contributed by atoms with Crippen LogP contribution < -0.4 is 6.15 Å². The summed E-state index contributed by atoms with van der Waals surface area (Å²) < 4.78 is 11.1. The Morgan fingerprint density at radius 3 is 1.29 bits per heavy atom. The Bertz CT molecular complexity index is 358. The second-order valence-corrected chi connectivity index (χ2v) is 4.55. The molecule has 2 nitrogen and oxygen atoms in total. The Kier molecular flexibility index (Phi) is 9.13. The van der Waals surface area contributed by atoms with Crippen LogP contribution in [0.2, 0.25) is 0 Å². The molecule has 2 aromatic rings. The predicted octanol–water partition coefficient (Wildman–Crippen LogP) is 3.52. The molecule has 0 aromatic heterocycles. The van der Waals surface area contributed by atoms with Gasteiger partial charge in [-0.05, 0) is 0 Å². The maximum atomic E-state index is 5.56. The fourth-order valence-corrected chi connectivity index (χ4v) is 2.54. The van der Waals surface area contributed by atoms with Crippen molar-refractivity contribution in [2.45, 2.75) is 0 Å². The van der Waals surface area contributed by atoms with Gasteiger partial charge in [-0.1, -0.05) is 0 Å². The Morgan fingerprint density at radius 2 is 0.941 bits per heavy atom. The Balaban J connectivity index is 0.00000128. The summed E-state index contributed by atoms with van der Waals surface area (Å²) in [5.74, 6) is 1.78. The minimum absolute atomic E-state index is 0. The molecule has 0 saturated carbocycles. The van der Waals surface area contributed by atoms with E-state index in [-0.39, 0.29) is 24.8 Å². The third-order valence-corrected chi connectivity index (χ3v) is 3.63. The first-order valence-electron chi connectivity index (χ1n) is 4.64. The number of hydrogen-bond acceptors (Lipinski definition) is 2. The van der Waals surface area contributed by atoms with Crippen LogP contribution in [0.25, 0.3) is 0 Å². The third kappa shape index (κ3) is 6.05. The van der Waals surface area contributed by atoms with Crippen LogP contribution >= 0.6 is 24.8 Å². The fraction of sp³-hybridized carbons (Fsp3) is 0. The number of hydrogen-bond donors (Lipinski definition) is 0. The van der Waals surface area contributed by atoms with E-state index >= 15 is 0 Å². The van der Waals surface area contributed by atoms with Crippen molar-refractivity contribution in [3.8, 4) is 11.5 Å². The quantitative estimate of drug-likeness (QED) is 0.759. The summed E-state index contributed by atoms with van der Waals surface area (Å²) >= 11 is -1.26. The van der Waals surface area contributed by atoms with Gasteiger partial charge in [0.15, 0.2) is 0 Å². The molecule has 2 aromatic carbocycles. The molecule has 0 atom stereocenters. The van der Waals surface area contributed by atoms with Gasteiger partial charge in [0.1, 0.15) is 0 Å². The molecular weight excluding hydrogens is 366 g/mol. The molecular formula is C12H12Cl2O2Sn. The second-order valence-electron chi connectivity index (χ2n) is 2.91. The van der Waals surface area contributed by atoms with E-state index in [0.29, 0.717) is 0 Å². The van der Waals surface area contributed by atoms with Crippen molar-refractivity contribution in [3.63, 3.8) is 0 Å². The van der Waals surface area contributed by atoms with Crippen molar-refractivity contribution < 1.29 is 6.15 Å². The monoisotopic (exact) mass is 378 g/mol. The van der Waals surface area contributed by atoms with Crippen LogP contribution in [0.1, 0.15) is 0 Å². The summed E-state index contributed by atoms with van der Waals surface area (Å²) in [6, 6.07) is 19.5. The first-order chi connectivity index (χ1) is 7.45. The number of rotatable bonds is 4. The molecule has 0 aliphatic carbocycles. The van der Waals surface area contributed by atoms with Crippen LogP contribution in [0.15, 0.2) is 60.7 Å². The zero-order valence-electron chi connectivity index (χ0n) is 8.91. The third-order valence-electron chi connectivity index (χ3n) is 1.81. The van der Waals surface area contributed by atoms with Crippen molar-refractivity contribution >= 4 is 46.8 Å². The molecule has 5 heteroatoms. The van der Waals surface area contributed by atoms with Gasteiger partial charge in [-0.3, -0.25) is 0 Å². The van der Waals surface area contributed by atoms with E-state index in [1.54, 1.807) is 0 Å². The van der Waals surface area contributed by atoms with Gasteiger partial charge in [0.2, 0.25) is 0 Å². The summed E-state index contributed by atoms with van der Waals surface area (Å²) in [7, 11) is 0. The summed E-state index contributed by atoms with van der Waals surface area (Å²) in [6.45, 7) is 0. The van der Waals surface area contributed by atoms with Crippen LogP contribution in [0.4, 0.5) is 0 Å². The van der Waals surface area contributed by atoms with Gasteiger partial charge < -0.3 is 0 Å². The molecule has 0 heterocycles. The molecule has 0 bridgehead atoms. The molecule has 0 saturated heterocycles. The average molecular weight is 378 g/mol. The van der Waals surface area contributed by atoms with Crippen LogP contribution in [0, 0.1) is 0 Å². The summed E-state index contributed by atoms with van der Waals surface area (Å²) in [5, 5.41) is 0. The van der Waals surface area contributed by atoms with Crippen molar-refractivity contribution in [3.05, 3.63) is 60.7 Å². The molecule has 2 radical (unpaired) electrons. The topological polar surface area (TPSA) is 18.5 Å². The minimum atomic E-state index is -1.26. The Hall–Kier alpha value is -0.581. The normalized spacial score (nSPS) is 8.47. The Morgan fingerprint density at radius 1 is 0.588 bits per heavy atom. The predicted molar refractivity (Wildman–Crippen MR) is 74.4 cm³/mol. The SMILES string of the molecule is Cl.Cl.c1ccc([O][Sn][O]c2ccccc2)cc1. The van der Waals surface area contributed by atoms with Crippen molar-refractivity contribution in [2.24, 2.45) is 0 Å². The number of halogens is 2. The van der Waals surface area contributed by atoms with Gasteiger partial charge in [0.05, 0.1) is 0 Å². The average Bonchev–Trinajstić information content (AvgIpc) is 2.32. The zero-order chi connectivity index (χ0) is 10.3. The van der Waals surface area contributed by atoms with Gasteiger partial charge in [0, 0.05) is 0 Å². The summed E-state index contributed by atoms with van der Waals surface area (Å²) in [4.78, 5) is 0. The number of benzene rings is 2. The van der Waals surface area contributed by atoms with E-state index in [2.05, 4.69) is 0 Å². The van der Waals surface area contributed by atoms with Crippen LogP contribution in [-0.4, -0.2) is 22.0 Å². The molecule has 2 rings (SSSR count). The van der Waals surface area contributed by atoms with Gasteiger partial charge in [-0.25, -0.2) is 0 Å². The fourth-order valence-electron chi connectivity index (χ4n) is 1.09. The van der Waals surface area contributed by atoms with Crippen molar-refractivity contribution in [2.75, 3.05) is 0 Å². The molecule has 0 unspecified atom stereocenters. The first kappa shape index (κ1) is 16.4. The van der Waals surface area contributed by atoms with Crippen molar-refractivity contribution in [1.29, 1.82) is 0 Å². The van der Waals surface area contributed by atoms with E-state index in [9.17, 15) is 0 Å². The summed E-state index contributed by atoms with van der Waals surface area (Å²) in [5.41, 5.74) is 0. The molecule has 0 spiro atoms. The second kappa shape index (κ2) is 9.45. The van der Waals surface area contributed by atoms with Gasteiger partial charge >= 0.3 is 100 Å². The van der Waals surface area contributed by atoms with Crippen molar-refractivity contribution in [1.82, 2.24) is 0 Å². The maximum absolute atomic E-state index is 5.56. The summed E-state index contributed by atoms with van der Waals surface area (Å²) in [6.07, 6.45) is 0. The van der Waals surface area contributed by atoms with E-state index in [4.69, 9.17) is 6.15 Å². The molecule has 0 N–H and O–H groups in total. The molecule has 0 fully saturated rings. The zero-order valence-corrected chi connectivity index (χ0v) is 13.4. The van der Waals surface area contributed by atoms with E-state index in [0.717, 1.165) is 11.5 Å². The standard InChI is InChI=1S/2C6H6O.2ClH.Sn/c2*7-6-4-2-1-3-5-6;;;/h2*1-5,7H;2*1H;/q;;;;+2/p-2. The Labute approximate surface area is 124 Å². The molecule has 90 valence electrons. The van der Waals surface area contributed by atoms with Crippen LogP contribution in [-0.2, 0) is 0 Å². The van der Waals surface area contributed by atoms with Gasteiger partial charge in [0.25, 0.3) is 0 Å². The molecule has 0 amide bonds. The molecule has 17 heavy (non-hydrogen) atoms.